The third-order valence-electron chi connectivity index (χ3n) is 9.43. The van der Waals surface area contributed by atoms with Crippen molar-refractivity contribution in [1.29, 1.82) is 0 Å². The van der Waals surface area contributed by atoms with Crippen molar-refractivity contribution in [3.05, 3.63) is 162 Å². The summed E-state index contributed by atoms with van der Waals surface area (Å²) in [6, 6.07) is 46.0. The van der Waals surface area contributed by atoms with Gasteiger partial charge in [0, 0.05) is 18.5 Å². The second kappa shape index (κ2) is 15.8. The van der Waals surface area contributed by atoms with Gasteiger partial charge < -0.3 is 10.0 Å². The molecule has 8 heteroatoms. The highest BCUT2D eigenvalue weighted by Crippen LogP contribution is 2.43. The summed E-state index contributed by atoms with van der Waals surface area (Å²) < 4.78 is 1.93. The zero-order valence-electron chi connectivity index (χ0n) is 29.3. The van der Waals surface area contributed by atoms with Gasteiger partial charge >= 0.3 is 5.97 Å². The largest absolute Gasteiger partial charge is 0.480 e. The zero-order chi connectivity index (χ0) is 35.8. The molecule has 0 saturated heterocycles. The molecule has 0 bridgehead atoms. The third kappa shape index (κ3) is 7.08. The summed E-state index contributed by atoms with van der Waals surface area (Å²) >= 11 is 0. The molecule has 6 rings (SSSR count). The van der Waals surface area contributed by atoms with Gasteiger partial charge in [0.15, 0.2) is 5.82 Å². The van der Waals surface area contributed by atoms with Gasteiger partial charge in [-0.15, -0.1) is 5.10 Å². The van der Waals surface area contributed by atoms with Crippen LogP contribution in [0.2, 0.25) is 0 Å². The molecule has 1 amide bonds. The van der Waals surface area contributed by atoms with Gasteiger partial charge in [-0.3, -0.25) is 4.79 Å². The van der Waals surface area contributed by atoms with Gasteiger partial charge in [-0.1, -0.05) is 167 Å². The number of rotatable bonds is 14. The highest BCUT2D eigenvalue weighted by atomic mass is 16.4. The van der Waals surface area contributed by atoms with Crippen molar-refractivity contribution in [2.45, 2.75) is 58.2 Å². The Balaban J connectivity index is 1.45. The van der Waals surface area contributed by atoms with Gasteiger partial charge in [0.25, 0.3) is 0 Å². The van der Waals surface area contributed by atoms with E-state index < -0.39 is 17.6 Å². The first-order valence-corrected chi connectivity index (χ1v) is 17.5. The second-order valence-electron chi connectivity index (χ2n) is 13.1. The maximum Gasteiger partial charge on any atom is 0.326 e. The standard InChI is InChI=1S/C43H43N5O3/c1-4-5-25-39(49)47(40(31(2)3)42(50)51)30-32-26-28-33(29-27-32)37-23-15-16-24-38(37)41-44-45-46-48(41)43(34-17-9-6-10-18-34,35-19-11-7-12-20-35)36-21-13-8-14-22-36/h6-24,26-29,31,40H,4-5,25,30H2,1-3H3,(H,50,51). The van der Waals surface area contributed by atoms with Crippen LogP contribution < -0.4 is 0 Å². The van der Waals surface area contributed by atoms with Crippen molar-refractivity contribution in [3.63, 3.8) is 0 Å². The quantitative estimate of drug-likeness (QED) is 0.116. The lowest BCUT2D eigenvalue weighted by Gasteiger charge is -2.36. The average molecular weight is 678 g/mol. The third-order valence-corrected chi connectivity index (χ3v) is 9.43. The van der Waals surface area contributed by atoms with Crippen molar-refractivity contribution in [3.8, 4) is 22.5 Å². The Kier molecular flexibility index (Phi) is 10.8. The Morgan fingerprint density at radius 2 is 1.24 bits per heavy atom. The minimum Gasteiger partial charge on any atom is -0.480 e. The van der Waals surface area contributed by atoms with E-state index in [0.29, 0.717) is 12.2 Å². The second-order valence-corrected chi connectivity index (χ2v) is 13.1. The van der Waals surface area contributed by atoms with E-state index in [1.807, 2.05) is 123 Å². The number of unbranched alkanes of at least 4 members (excludes halogenated alkanes) is 1. The van der Waals surface area contributed by atoms with Crippen LogP contribution in [0, 0.1) is 5.92 Å². The fourth-order valence-electron chi connectivity index (χ4n) is 6.99. The van der Waals surface area contributed by atoms with E-state index in [1.54, 1.807) is 0 Å². The van der Waals surface area contributed by atoms with Crippen LogP contribution >= 0.6 is 0 Å². The molecule has 0 radical (unpaired) electrons. The molecule has 51 heavy (non-hydrogen) atoms. The minimum atomic E-state index is -0.990. The number of hydrogen-bond acceptors (Lipinski definition) is 5. The summed E-state index contributed by atoms with van der Waals surface area (Å²) in [4.78, 5) is 27.1. The Hall–Kier alpha value is -5.89. The van der Waals surface area contributed by atoms with Crippen LogP contribution in [0.4, 0.5) is 0 Å². The first-order chi connectivity index (χ1) is 24.9. The first kappa shape index (κ1) is 35.0. The van der Waals surface area contributed by atoms with E-state index >= 15 is 0 Å². The van der Waals surface area contributed by atoms with Crippen LogP contribution in [0.25, 0.3) is 22.5 Å². The molecule has 0 aliphatic rings. The van der Waals surface area contributed by atoms with Crippen LogP contribution in [0.3, 0.4) is 0 Å². The molecule has 1 aromatic heterocycles. The lowest BCUT2D eigenvalue weighted by Crippen LogP contribution is -2.47. The molecule has 0 aliphatic heterocycles. The Bertz CT molecular complexity index is 1950. The van der Waals surface area contributed by atoms with Crippen molar-refractivity contribution in [1.82, 2.24) is 25.1 Å². The van der Waals surface area contributed by atoms with Gasteiger partial charge in [0.2, 0.25) is 5.91 Å². The summed E-state index contributed by atoms with van der Waals surface area (Å²) in [5.41, 5.74) is 5.72. The monoisotopic (exact) mass is 677 g/mol. The molecular weight excluding hydrogens is 635 g/mol. The number of aromatic nitrogens is 4. The molecule has 1 N–H and O–H groups in total. The topological polar surface area (TPSA) is 101 Å². The number of nitrogens with zero attached hydrogens (tertiary/aromatic N) is 5. The number of aliphatic carboxylic acids is 1. The van der Waals surface area contributed by atoms with Gasteiger partial charge in [-0.25, -0.2) is 9.48 Å². The smallest absolute Gasteiger partial charge is 0.326 e. The van der Waals surface area contributed by atoms with Crippen LogP contribution in [-0.2, 0) is 21.7 Å². The molecule has 1 atom stereocenters. The Morgan fingerprint density at radius 1 is 0.725 bits per heavy atom. The number of carboxylic acid groups (broad SMARTS) is 1. The molecular formula is C43H43N5O3. The molecule has 0 fully saturated rings. The van der Waals surface area contributed by atoms with Crippen molar-refractivity contribution in [2.24, 2.45) is 5.92 Å². The van der Waals surface area contributed by atoms with E-state index in [1.165, 1.54) is 4.90 Å². The number of amides is 1. The fraction of sp³-hybridized carbons (Fsp3) is 0.233. The lowest BCUT2D eigenvalue weighted by molar-refractivity contribution is -0.153. The van der Waals surface area contributed by atoms with Gasteiger partial charge in [0.05, 0.1) is 0 Å². The SMILES string of the molecule is CCCCC(=O)N(Cc1ccc(-c2ccccc2-c2nnnn2C(c2ccccc2)(c2ccccc2)c2ccccc2)cc1)C(C(=O)O)C(C)C. The van der Waals surface area contributed by atoms with Gasteiger partial charge in [-0.2, -0.15) is 0 Å². The molecule has 0 saturated carbocycles. The Labute approximate surface area is 299 Å². The number of benzene rings is 5. The van der Waals surface area contributed by atoms with Crippen LogP contribution in [0.15, 0.2) is 140 Å². The molecule has 1 unspecified atom stereocenters. The number of tetrazole rings is 1. The van der Waals surface area contributed by atoms with Crippen LogP contribution in [-0.4, -0.2) is 48.1 Å². The van der Waals surface area contributed by atoms with Crippen molar-refractivity contribution in [2.75, 3.05) is 0 Å². The molecule has 0 spiro atoms. The number of carbonyl (C=O) groups excluding carboxylic acids is 1. The van der Waals surface area contributed by atoms with Crippen LogP contribution in [0.1, 0.15) is 62.3 Å². The van der Waals surface area contributed by atoms with Crippen molar-refractivity contribution < 1.29 is 14.7 Å². The van der Waals surface area contributed by atoms with Gasteiger partial charge in [0.1, 0.15) is 11.6 Å². The van der Waals surface area contributed by atoms with E-state index in [-0.39, 0.29) is 18.4 Å². The summed E-state index contributed by atoms with van der Waals surface area (Å²) in [7, 11) is 0. The minimum absolute atomic E-state index is 0.141. The lowest BCUT2D eigenvalue weighted by atomic mass is 9.77. The average Bonchev–Trinajstić information content (AvgIpc) is 3.65. The van der Waals surface area contributed by atoms with Crippen molar-refractivity contribution >= 4 is 11.9 Å². The zero-order valence-corrected chi connectivity index (χ0v) is 29.3. The summed E-state index contributed by atoms with van der Waals surface area (Å²) in [5.74, 6) is -0.770. The highest BCUT2D eigenvalue weighted by molar-refractivity contribution is 5.84. The summed E-state index contributed by atoms with van der Waals surface area (Å²) in [6.07, 6.45) is 1.90. The maximum atomic E-state index is 13.3. The predicted octanol–water partition coefficient (Wildman–Crippen LogP) is 8.48. The summed E-state index contributed by atoms with van der Waals surface area (Å²) in [5, 5.41) is 23.7. The van der Waals surface area contributed by atoms with Gasteiger partial charge in [-0.05, 0) is 56.1 Å². The molecule has 6 aromatic rings. The number of carboxylic acids is 1. The molecule has 1 heterocycles. The highest BCUT2D eigenvalue weighted by Gasteiger charge is 2.42. The fourth-order valence-corrected chi connectivity index (χ4v) is 6.99. The number of hydrogen-bond donors (Lipinski definition) is 1. The first-order valence-electron chi connectivity index (χ1n) is 17.5. The molecule has 0 aliphatic carbocycles. The predicted molar refractivity (Wildman–Crippen MR) is 200 cm³/mol. The number of carbonyl (C=O) groups is 2. The normalized spacial score (nSPS) is 12.1. The van der Waals surface area contributed by atoms with Crippen LogP contribution in [0.5, 0.6) is 0 Å². The van der Waals surface area contributed by atoms with E-state index in [9.17, 15) is 14.7 Å². The van der Waals surface area contributed by atoms with E-state index in [4.69, 9.17) is 5.21 Å². The molecule has 8 nitrogen and oxygen atoms in total. The van der Waals surface area contributed by atoms with E-state index in [0.717, 1.165) is 51.8 Å². The Morgan fingerprint density at radius 3 is 1.73 bits per heavy atom. The molecule has 258 valence electrons. The maximum absolute atomic E-state index is 13.3. The summed E-state index contributed by atoms with van der Waals surface area (Å²) in [6.45, 7) is 5.92. The molecule has 5 aromatic carbocycles. The van der Waals surface area contributed by atoms with E-state index in [2.05, 4.69) is 52.8 Å².